The van der Waals surface area contributed by atoms with Crippen LogP contribution in [-0.2, 0) is 18.4 Å². The van der Waals surface area contributed by atoms with Crippen LogP contribution in [0.3, 0.4) is 0 Å². The number of phosphoric acid groups is 1. The van der Waals surface area contributed by atoms with E-state index in [2.05, 4.69) is 43.5 Å². The van der Waals surface area contributed by atoms with Gasteiger partial charge in [0, 0.05) is 6.54 Å². The SMILES string of the molecule is CCCCCC/C=C\CCCCCCCC(O)CC(=O)NC(COP(=O)(O)OCCN)C(O)/C=C/CC/C=C/CCCCCCCCCCCCCCCCC. The molecule has 0 aliphatic rings. The van der Waals surface area contributed by atoms with E-state index in [0.29, 0.717) is 12.8 Å². The Labute approximate surface area is 344 Å². The minimum Gasteiger partial charge on any atom is -0.393 e. The van der Waals surface area contributed by atoms with E-state index in [1.54, 1.807) is 6.08 Å². The van der Waals surface area contributed by atoms with Crippen LogP contribution in [0.5, 0.6) is 0 Å². The number of phosphoric ester groups is 1. The molecule has 6 N–H and O–H groups in total. The van der Waals surface area contributed by atoms with Crippen molar-refractivity contribution in [3.63, 3.8) is 0 Å². The van der Waals surface area contributed by atoms with Crippen LogP contribution in [0.2, 0.25) is 0 Å². The number of rotatable bonds is 43. The Bertz CT molecular complexity index is 993. The van der Waals surface area contributed by atoms with E-state index in [0.717, 1.165) is 44.9 Å². The van der Waals surface area contributed by atoms with E-state index in [-0.39, 0.29) is 19.6 Å². The zero-order valence-electron chi connectivity index (χ0n) is 36.2. The van der Waals surface area contributed by atoms with Gasteiger partial charge < -0.3 is 26.2 Å². The van der Waals surface area contributed by atoms with Gasteiger partial charge in [-0.2, -0.15) is 0 Å². The zero-order chi connectivity index (χ0) is 41.2. The molecule has 0 aliphatic carbocycles. The molecule has 0 heterocycles. The van der Waals surface area contributed by atoms with E-state index in [1.807, 2.05) is 6.08 Å². The smallest absolute Gasteiger partial charge is 0.393 e. The van der Waals surface area contributed by atoms with Crippen LogP contribution in [0.25, 0.3) is 0 Å². The third-order valence-corrected chi connectivity index (χ3v) is 11.2. The molecule has 0 spiro atoms. The standard InChI is InChI=1S/C46H89N2O7P/c1-3-5-7-9-11-13-15-17-18-19-20-21-22-23-24-26-28-30-32-34-36-38-45(50)44(42-55-56(52,53)54-40-39-47)48-46(51)41-43(49)37-35-33-31-29-27-25-16-14-12-10-8-6-4-2/h14,16,28,30,36,38,43-45,49-50H,3-13,15,17-27,29,31-35,37,39-42,47H2,1-2H3,(H,48,51)(H,52,53)/b16-14-,30-28+,38-36+. The number of carbonyl (C=O) groups is 1. The van der Waals surface area contributed by atoms with Crippen molar-refractivity contribution in [3.8, 4) is 0 Å². The summed E-state index contributed by atoms with van der Waals surface area (Å²) in [4.78, 5) is 22.8. The second-order valence-electron chi connectivity index (χ2n) is 15.8. The van der Waals surface area contributed by atoms with Gasteiger partial charge in [-0.05, 0) is 57.8 Å². The fraction of sp³-hybridized carbons (Fsp3) is 0.848. The van der Waals surface area contributed by atoms with Gasteiger partial charge in [0.1, 0.15) is 0 Å². The first kappa shape index (κ1) is 54.7. The van der Waals surface area contributed by atoms with Gasteiger partial charge in [0.15, 0.2) is 0 Å². The maximum absolute atomic E-state index is 12.8. The highest BCUT2D eigenvalue weighted by molar-refractivity contribution is 7.47. The summed E-state index contributed by atoms with van der Waals surface area (Å²) in [5.41, 5.74) is 5.36. The number of aliphatic hydroxyl groups is 2. The predicted octanol–water partition coefficient (Wildman–Crippen LogP) is 12.1. The van der Waals surface area contributed by atoms with Gasteiger partial charge in [-0.1, -0.05) is 185 Å². The summed E-state index contributed by atoms with van der Waals surface area (Å²) < 4.78 is 22.1. The number of nitrogens with two attached hydrogens (primary N) is 1. The lowest BCUT2D eigenvalue weighted by Gasteiger charge is -2.24. The van der Waals surface area contributed by atoms with Crippen molar-refractivity contribution in [1.82, 2.24) is 5.32 Å². The molecule has 0 aromatic heterocycles. The molecule has 0 bridgehead atoms. The Hall–Kier alpha value is -1.32. The third-order valence-electron chi connectivity index (χ3n) is 10.2. The number of allylic oxidation sites excluding steroid dienone is 5. The molecule has 0 rings (SSSR count). The van der Waals surface area contributed by atoms with Crippen molar-refractivity contribution in [3.05, 3.63) is 36.5 Å². The van der Waals surface area contributed by atoms with Gasteiger partial charge in [0.25, 0.3) is 0 Å². The fourth-order valence-corrected chi connectivity index (χ4v) is 7.48. The van der Waals surface area contributed by atoms with Crippen molar-refractivity contribution in [2.45, 2.75) is 231 Å². The largest absolute Gasteiger partial charge is 0.472 e. The van der Waals surface area contributed by atoms with Gasteiger partial charge in [0.05, 0.1) is 37.9 Å². The highest BCUT2D eigenvalue weighted by Crippen LogP contribution is 2.43. The van der Waals surface area contributed by atoms with Crippen LogP contribution >= 0.6 is 7.82 Å². The Balaban J connectivity index is 4.32. The minimum atomic E-state index is -4.41. The molecule has 0 aromatic carbocycles. The molecule has 10 heteroatoms. The monoisotopic (exact) mass is 813 g/mol. The van der Waals surface area contributed by atoms with Crippen LogP contribution in [0.1, 0.15) is 213 Å². The summed E-state index contributed by atoms with van der Waals surface area (Å²) in [5.74, 6) is -0.461. The highest BCUT2D eigenvalue weighted by Gasteiger charge is 2.27. The first-order chi connectivity index (χ1) is 27.3. The normalized spacial score (nSPS) is 14.9. The lowest BCUT2D eigenvalue weighted by Crippen LogP contribution is -2.46. The third kappa shape index (κ3) is 39.5. The van der Waals surface area contributed by atoms with E-state index < -0.39 is 38.6 Å². The Morgan fingerprint density at radius 3 is 1.50 bits per heavy atom. The molecule has 9 nitrogen and oxygen atoms in total. The summed E-state index contributed by atoms with van der Waals surface area (Å²) in [5, 5.41) is 24.0. The topological polar surface area (TPSA) is 151 Å². The summed E-state index contributed by atoms with van der Waals surface area (Å²) in [6.07, 6.45) is 46.7. The number of carbonyl (C=O) groups excluding carboxylic acids is 1. The predicted molar refractivity (Wildman–Crippen MR) is 237 cm³/mol. The van der Waals surface area contributed by atoms with Gasteiger partial charge >= 0.3 is 7.82 Å². The molecule has 0 saturated heterocycles. The number of amides is 1. The quantitative estimate of drug-likeness (QED) is 0.0232. The van der Waals surface area contributed by atoms with E-state index >= 15 is 0 Å². The molecule has 4 unspecified atom stereocenters. The maximum atomic E-state index is 12.8. The summed E-state index contributed by atoms with van der Waals surface area (Å²) in [7, 11) is -4.41. The van der Waals surface area contributed by atoms with Crippen molar-refractivity contribution in [1.29, 1.82) is 0 Å². The molecule has 0 aliphatic heterocycles. The number of hydrogen-bond donors (Lipinski definition) is 5. The van der Waals surface area contributed by atoms with Gasteiger partial charge in [-0.25, -0.2) is 4.57 Å². The molecule has 0 fully saturated rings. The first-order valence-electron chi connectivity index (χ1n) is 23.2. The fourth-order valence-electron chi connectivity index (χ4n) is 6.72. The second-order valence-corrected chi connectivity index (χ2v) is 17.2. The van der Waals surface area contributed by atoms with Crippen LogP contribution < -0.4 is 11.1 Å². The lowest BCUT2D eigenvalue weighted by atomic mass is 10.0. The van der Waals surface area contributed by atoms with Crippen LogP contribution in [0, 0.1) is 0 Å². The van der Waals surface area contributed by atoms with Crippen molar-refractivity contribution in [2.75, 3.05) is 19.8 Å². The first-order valence-corrected chi connectivity index (χ1v) is 24.7. The Morgan fingerprint density at radius 2 is 1.02 bits per heavy atom. The summed E-state index contributed by atoms with van der Waals surface area (Å²) in [6.45, 7) is 3.94. The average Bonchev–Trinajstić information content (AvgIpc) is 3.17. The Kier molecular flexibility index (Phi) is 40.8. The number of nitrogens with one attached hydrogen (secondary N) is 1. The number of unbranched alkanes of at least 4 members (excludes halogenated alkanes) is 25. The van der Waals surface area contributed by atoms with E-state index in [1.165, 1.54) is 135 Å². The molecule has 0 saturated carbocycles. The van der Waals surface area contributed by atoms with Gasteiger partial charge in [-0.15, -0.1) is 0 Å². The van der Waals surface area contributed by atoms with E-state index in [9.17, 15) is 24.5 Å². The Morgan fingerprint density at radius 1 is 0.607 bits per heavy atom. The number of aliphatic hydroxyl groups excluding tert-OH is 2. The lowest BCUT2D eigenvalue weighted by molar-refractivity contribution is -0.124. The summed E-state index contributed by atoms with van der Waals surface area (Å²) >= 11 is 0. The van der Waals surface area contributed by atoms with Crippen molar-refractivity contribution >= 4 is 13.7 Å². The molecule has 1 amide bonds. The molecule has 0 aromatic rings. The van der Waals surface area contributed by atoms with Crippen molar-refractivity contribution in [2.24, 2.45) is 5.73 Å². The van der Waals surface area contributed by atoms with Gasteiger partial charge in [0.2, 0.25) is 5.91 Å². The van der Waals surface area contributed by atoms with Crippen LogP contribution in [-0.4, -0.2) is 59.0 Å². The minimum absolute atomic E-state index is 0.0435. The molecule has 56 heavy (non-hydrogen) atoms. The van der Waals surface area contributed by atoms with E-state index in [4.69, 9.17) is 14.8 Å². The molecular formula is C46H89N2O7P. The maximum Gasteiger partial charge on any atom is 0.472 e. The zero-order valence-corrected chi connectivity index (χ0v) is 37.1. The molecule has 330 valence electrons. The van der Waals surface area contributed by atoms with Crippen LogP contribution in [0.15, 0.2) is 36.5 Å². The van der Waals surface area contributed by atoms with Crippen LogP contribution in [0.4, 0.5) is 0 Å². The summed E-state index contributed by atoms with van der Waals surface area (Å²) in [6, 6.07) is -1.00. The number of hydrogen-bond acceptors (Lipinski definition) is 7. The molecular weight excluding hydrogens is 723 g/mol. The van der Waals surface area contributed by atoms with Crippen molar-refractivity contribution < 1.29 is 33.5 Å². The average molecular weight is 813 g/mol. The molecule has 0 radical (unpaired) electrons. The van der Waals surface area contributed by atoms with Gasteiger partial charge in [-0.3, -0.25) is 13.8 Å². The molecule has 4 atom stereocenters. The highest BCUT2D eigenvalue weighted by atomic mass is 31.2. The second kappa shape index (κ2) is 41.8.